The number of H-pyrrole nitrogens is 1. The van der Waals surface area contributed by atoms with E-state index in [0.29, 0.717) is 15.4 Å². The van der Waals surface area contributed by atoms with Gasteiger partial charge >= 0.3 is 6.18 Å². The molecule has 2 aromatic carbocycles. The molecule has 0 fully saturated rings. The molecule has 0 aliphatic rings. The molecule has 23 heavy (non-hydrogen) atoms. The van der Waals surface area contributed by atoms with Crippen LogP contribution in [0.5, 0.6) is 5.75 Å². The number of phenols is 1. The van der Waals surface area contributed by atoms with Gasteiger partial charge in [-0.1, -0.05) is 6.07 Å². The summed E-state index contributed by atoms with van der Waals surface area (Å²) in [6.07, 6.45) is -4.71. The van der Waals surface area contributed by atoms with Crippen molar-refractivity contribution in [1.29, 1.82) is 0 Å². The first-order valence-electron chi connectivity index (χ1n) is 6.36. The summed E-state index contributed by atoms with van der Waals surface area (Å²) in [6, 6.07) is 7.82. The van der Waals surface area contributed by atoms with Crippen molar-refractivity contribution in [2.75, 3.05) is 0 Å². The molecular weight excluding hydrogens is 377 g/mol. The summed E-state index contributed by atoms with van der Waals surface area (Å²) >= 11 is 3.26. The molecule has 0 saturated carbocycles. The summed E-state index contributed by atoms with van der Waals surface area (Å²) < 4.78 is 39.2. The van der Waals surface area contributed by atoms with Crippen LogP contribution in [0.15, 0.2) is 45.7 Å². The first-order chi connectivity index (χ1) is 10.8. The molecule has 0 bridgehead atoms. The largest absolute Gasteiger partial charge is 0.507 e. The zero-order valence-corrected chi connectivity index (χ0v) is 12.9. The Balaban J connectivity index is 2.26. The van der Waals surface area contributed by atoms with E-state index in [9.17, 15) is 23.1 Å². The molecule has 1 heterocycles. The van der Waals surface area contributed by atoms with Crippen molar-refractivity contribution in [3.8, 4) is 17.1 Å². The van der Waals surface area contributed by atoms with E-state index in [-0.39, 0.29) is 11.4 Å². The minimum absolute atomic E-state index is 0.0140. The number of aromatic amines is 1. The van der Waals surface area contributed by atoms with Crippen LogP contribution >= 0.6 is 15.9 Å². The lowest BCUT2D eigenvalue weighted by Gasteiger charge is -2.11. The van der Waals surface area contributed by atoms with Crippen molar-refractivity contribution in [3.05, 3.63) is 56.8 Å². The summed E-state index contributed by atoms with van der Waals surface area (Å²) in [5, 5.41) is 9.69. The predicted octanol–water partition coefficient (Wildman–Crippen LogP) is 4.08. The van der Waals surface area contributed by atoms with Gasteiger partial charge in [0.2, 0.25) is 0 Å². The molecule has 0 saturated heterocycles. The topological polar surface area (TPSA) is 66.0 Å². The maximum atomic E-state index is 12.9. The third-order valence-corrected chi connectivity index (χ3v) is 3.90. The van der Waals surface area contributed by atoms with Crippen LogP contribution in [-0.2, 0) is 6.18 Å². The zero-order valence-electron chi connectivity index (χ0n) is 11.3. The summed E-state index contributed by atoms with van der Waals surface area (Å²) in [7, 11) is 0. The molecule has 0 atom stereocenters. The van der Waals surface area contributed by atoms with Crippen LogP contribution < -0.4 is 5.56 Å². The second-order valence-corrected chi connectivity index (χ2v) is 5.63. The lowest BCUT2D eigenvalue weighted by atomic mass is 10.1. The number of benzene rings is 2. The van der Waals surface area contributed by atoms with Crippen molar-refractivity contribution in [3.63, 3.8) is 0 Å². The molecule has 1 aromatic heterocycles. The Morgan fingerprint density at radius 1 is 1.17 bits per heavy atom. The number of rotatable bonds is 1. The quantitative estimate of drug-likeness (QED) is 0.664. The van der Waals surface area contributed by atoms with E-state index in [1.54, 1.807) is 18.2 Å². The number of nitrogens with zero attached hydrogens (tertiary/aromatic N) is 1. The Kier molecular flexibility index (Phi) is 3.63. The highest BCUT2D eigenvalue weighted by Gasteiger charge is 2.34. The van der Waals surface area contributed by atoms with Gasteiger partial charge < -0.3 is 10.1 Å². The fourth-order valence-corrected chi connectivity index (χ4v) is 2.63. The first-order valence-corrected chi connectivity index (χ1v) is 7.16. The van der Waals surface area contributed by atoms with E-state index in [2.05, 4.69) is 25.9 Å². The molecule has 0 aliphatic carbocycles. The van der Waals surface area contributed by atoms with E-state index in [1.165, 1.54) is 6.07 Å². The third kappa shape index (κ3) is 2.81. The molecular formula is C15H8BrF3N2O2. The molecule has 0 unspecified atom stereocenters. The molecule has 8 heteroatoms. The van der Waals surface area contributed by atoms with Gasteiger partial charge in [0.15, 0.2) is 0 Å². The Morgan fingerprint density at radius 2 is 1.91 bits per heavy atom. The maximum absolute atomic E-state index is 12.9. The van der Waals surface area contributed by atoms with Crippen LogP contribution in [0.1, 0.15) is 5.56 Å². The first kappa shape index (κ1) is 15.5. The lowest BCUT2D eigenvalue weighted by molar-refractivity contribution is -0.138. The number of aromatic hydroxyl groups is 1. The van der Waals surface area contributed by atoms with Crippen molar-refractivity contribution < 1.29 is 18.3 Å². The zero-order chi connectivity index (χ0) is 16.8. The molecule has 3 rings (SSSR count). The van der Waals surface area contributed by atoms with Crippen LogP contribution in [0.25, 0.3) is 22.3 Å². The predicted molar refractivity (Wildman–Crippen MR) is 82.2 cm³/mol. The molecule has 4 nitrogen and oxygen atoms in total. The number of hydrogen-bond acceptors (Lipinski definition) is 3. The Morgan fingerprint density at radius 3 is 2.61 bits per heavy atom. The highest BCUT2D eigenvalue weighted by molar-refractivity contribution is 9.10. The minimum atomic E-state index is -4.71. The Bertz CT molecular complexity index is 967. The smallest absolute Gasteiger partial charge is 0.419 e. The average Bonchev–Trinajstić information content (AvgIpc) is 2.47. The second kappa shape index (κ2) is 5.38. The van der Waals surface area contributed by atoms with E-state index in [0.717, 1.165) is 12.1 Å². The molecule has 3 aromatic rings. The molecule has 0 radical (unpaired) electrons. The number of alkyl halides is 3. The summed E-state index contributed by atoms with van der Waals surface area (Å²) in [5.41, 5.74) is -1.27. The van der Waals surface area contributed by atoms with Crippen LogP contribution in [0.4, 0.5) is 13.2 Å². The number of halogens is 4. The van der Waals surface area contributed by atoms with Crippen molar-refractivity contribution in [2.45, 2.75) is 6.18 Å². The van der Waals surface area contributed by atoms with E-state index >= 15 is 0 Å². The summed E-state index contributed by atoms with van der Waals surface area (Å²) in [6.45, 7) is 0. The number of fused-ring (bicyclic) bond motifs is 1. The van der Waals surface area contributed by atoms with E-state index in [1.807, 2.05) is 0 Å². The minimum Gasteiger partial charge on any atom is -0.507 e. The molecule has 0 aliphatic heterocycles. The molecule has 118 valence electrons. The third-order valence-electron chi connectivity index (χ3n) is 3.26. The number of aromatic nitrogens is 2. The van der Waals surface area contributed by atoms with E-state index in [4.69, 9.17) is 0 Å². The number of nitrogens with one attached hydrogen (secondary N) is 1. The normalized spacial score (nSPS) is 11.8. The van der Waals surface area contributed by atoms with Gasteiger partial charge in [-0.25, -0.2) is 4.98 Å². The van der Waals surface area contributed by atoms with Crippen LogP contribution in [0, 0.1) is 0 Å². The average molecular weight is 385 g/mol. The second-order valence-electron chi connectivity index (χ2n) is 4.78. The van der Waals surface area contributed by atoms with Gasteiger partial charge in [0.1, 0.15) is 11.6 Å². The Hall–Kier alpha value is -2.35. The van der Waals surface area contributed by atoms with Gasteiger partial charge in [0, 0.05) is 10.0 Å². The number of hydrogen-bond donors (Lipinski definition) is 2. The van der Waals surface area contributed by atoms with Gasteiger partial charge in [-0.3, -0.25) is 4.79 Å². The van der Waals surface area contributed by atoms with Gasteiger partial charge in [0.05, 0.1) is 16.5 Å². The van der Waals surface area contributed by atoms with Gasteiger partial charge in [0.25, 0.3) is 5.56 Å². The number of phenolic OH excluding ortho intramolecular Hbond substituents is 1. The van der Waals surface area contributed by atoms with E-state index < -0.39 is 23.0 Å². The molecule has 0 spiro atoms. The van der Waals surface area contributed by atoms with Gasteiger partial charge in [-0.15, -0.1) is 0 Å². The fraction of sp³-hybridized carbons (Fsp3) is 0.0667. The van der Waals surface area contributed by atoms with Crippen molar-refractivity contribution >= 4 is 26.8 Å². The van der Waals surface area contributed by atoms with Crippen LogP contribution in [-0.4, -0.2) is 15.1 Å². The lowest BCUT2D eigenvalue weighted by Crippen LogP contribution is -2.10. The van der Waals surface area contributed by atoms with Crippen molar-refractivity contribution in [1.82, 2.24) is 9.97 Å². The maximum Gasteiger partial charge on any atom is 0.419 e. The van der Waals surface area contributed by atoms with Gasteiger partial charge in [-0.2, -0.15) is 13.2 Å². The Labute approximate surface area is 135 Å². The summed E-state index contributed by atoms with van der Waals surface area (Å²) in [5.74, 6) is -0.898. The number of para-hydroxylation sites is 1. The monoisotopic (exact) mass is 384 g/mol. The highest BCUT2D eigenvalue weighted by Crippen LogP contribution is 2.37. The van der Waals surface area contributed by atoms with Crippen molar-refractivity contribution in [2.24, 2.45) is 0 Å². The SMILES string of the molecule is O=c1[nH]c(-c2ccc(O)c(C(F)(F)F)c2)nc2c(Br)cccc12. The molecule has 2 N–H and O–H groups in total. The summed E-state index contributed by atoms with van der Waals surface area (Å²) in [4.78, 5) is 18.7. The fourth-order valence-electron chi connectivity index (χ4n) is 2.17. The standard InChI is InChI=1S/C15H8BrF3N2O2/c16-10-3-1-2-8-12(10)20-13(21-14(8)23)7-4-5-11(22)9(6-7)15(17,18)19/h1-6,22H,(H,20,21,23). The van der Waals surface area contributed by atoms with Crippen LogP contribution in [0.2, 0.25) is 0 Å². The highest BCUT2D eigenvalue weighted by atomic mass is 79.9. The van der Waals surface area contributed by atoms with Gasteiger partial charge in [-0.05, 0) is 46.3 Å². The molecule has 0 amide bonds. The van der Waals surface area contributed by atoms with Crippen LogP contribution in [0.3, 0.4) is 0 Å².